The first-order valence-electron chi connectivity index (χ1n) is 7.06. The summed E-state index contributed by atoms with van der Waals surface area (Å²) in [5, 5.41) is 5.06. The highest BCUT2D eigenvalue weighted by Gasteiger charge is 2.25. The van der Waals surface area contributed by atoms with E-state index >= 15 is 0 Å². The van der Waals surface area contributed by atoms with Crippen LogP contribution in [0, 0.1) is 5.82 Å². The van der Waals surface area contributed by atoms with Gasteiger partial charge in [-0.3, -0.25) is 4.68 Å². The van der Waals surface area contributed by atoms with Gasteiger partial charge in [0.2, 0.25) is 0 Å². The van der Waals surface area contributed by atoms with Crippen molar-refractivity contribution in [3.63, 3.8) is 0 Å². The van der Waals surface area contributed by atoms with Gasteiger partial charge in [-0.1, -0.05) is 36.7 Å². The number of hydrogen-bond acceptors (Lipinski definition) is 2. The Labute approximate surface area is 129 Å². The van der Waals surface area contributed by atoms with Crippen molar-refractivity contribution in [3.8, 4) is 0 Å². The fourth-order valence-electron chi connectivity index (χ4n) is 2.53. The molecule has 0 bridgehead atoms. The summed E-state index contributed by atoms with van der Waals surface area (Å²) in [4.78, 5) is 0. The molecule has 0 aliphatic rings. The van der Waals surface area contributed by atoms with Crippen molar-refractivity contribution < 1.29 is 4.39 Å². The molecule has 1 atom stereocenters. The normalized spacial score (nSPS) is 14.2. The van der Waals surface area contributed by atoms with E-state index in [1.165, 1.54) is 6.07 Å². The van der Waals surface area contributed by atoms with Gasteiger partial charge in [-0.25, -0.2) is 4.39 Å². The molecule has 2 rings (SSSR count). The zero-order chi connectivity index (χ0) is 15.6. The fraction of sp³-hybridized carbons (Fsp3) is 0.438. The number of nitrogens with two attached hydrogens (primary N) is 1. The van der Waals surface area contributed by atoms with Gasteiger partial charge >= 0.3 is 0 Å². The largest absolute Gasteiger partial charge is 0.325 e. The van der Waals surface area contributed by atoms with Crippen LogP contribution < -0.4 is 5.73 Å². The highest BCUT2D eigenvalue weighted by molar-refractivity contribution is 6.31. The van der Waals surface area contributed by atoms with E-state index in [1.807, 2.05) is 27.0 Å². The Bertz CT molecular complexity index is 634. The molecule has 0 radical (unpaired) electrons. The van der Waals surface area contributed by atoms with Gasteiger partial charge in [-0.15, -0.1) is 0 Å². The summed E-state index contributed by atoms with van der Waals surface area (Å²) < 4.78 is 15.5. The first kappa shape index (κ1) is 16.0. The van der Waals surface area contributed by atoms with E-state index in [9.17, 15) is 4.39 Å². The SMILES string of the molecule is CCc1nn(C)c(CC(C)(N)Cc2ccccc2F)c1Cl. The number of aryl methyl sites for hydroxylation is 2. The third kappa shape index (κ3) is 3.63. The smallest absolute Gasteiger partial charge is 0.126 e. The molecule has 1 unspecified atom stereocenters. The fourth-order valence-corrected chi connectivity index (χ4v) is 2.89. The number of aromatic nitrogens is 2. The maximum absolute atomic E-state index is 13.8. The standard InChI is InChI=1S/C16H21ClFN3/c1-4-13-15(17)14(21(3)20-13)10-16(2,19)9-11-7-5-6-8-12(11)18/h5-8H,4,9-10,19H2,1-3H3. The topological polar surface area (TPSA) is 43.8 Å². The van der Waals surface area contributed by atoms with Crippen LogP contribution in [0.3, 0.4) is 0 Å². The Hall–Kier alpha value is -1.39. The predicted octanol–water partition coefficient (Wildman–Crippen LogP) is 3.28. The van der Waals surface area contributed by atoms with Crippen LogP contribution in [-0.2, 0) is 26.3 Å². The molecule has 114 valence electrons. The van der Waals surface area contributed by atoms with Crippen LogP contribution in [-0.4, -0.2) is 15.3 Å². The lowest BCUT2D eigenvalue weighted by molar-refractivity contribution is 0.438. The first-order chi connectivity index (χ1) is 9.84. The van der Waals surface area contributed by atoms with Gasteiger partial charge in [0.1, 0.15) is 5.82 Å². The van der Waals surface area contributed by atoms with Gasteiger partial charge < -0.3 is 5.73 Å². The van der Waals surface area contributed by atoms with E-state index in [-0.39, 0.29) is 5.82 Å². The van der Waals surface area contributed by atoms with Crippen LogP contribution in [0.15, 0.2) is 24.3 Å². The van der Waals surface area contributed by atoms with Crippen molar-refractivity contribution in [2.45, 2.75) is 38.6 Å². The van der Waals surface area contributed by atoms with Crippen molar-refractivity contribution in [1.29, 1.82) is 0 Å². The average molecular weight is 310 g/mol. The Balaban J connectivity index is 2.22. The third-order valence-corrected chi connectivity index (χ3v) is 4.06. The maximum Gasteiger partial charge on any atom is 0.126 e. The molecular formula is C16H21ClFN3. The van der Waals surface area contributed by atoms with Crippen molar-refractivity contribution in [2.24, 2.45) is 12.8 Å². The molecule has 0 saturated carbocycles. The average Bonchev–Trinajstić information content (AvgIpc) is 2.68. The zero-order valence-corrected chi connectivity index (χ0v) is 13.4. The molecule has 1 aromatic heterocycles. The Morgan fingerprint density at radius 2 is 2.00 bits per heavy atom. The molecule has 2 aromatic rings. The lowest BCUT2D eigenvalue weighted by Crippen LogP contribution is -2.41. The number of rotatable bonds is 5. The Kier molecular flexibility index (Phi) is 4.69. The second-order valence-corrected chi connectivity index (χ2v) is 6.16. The number of nitrogens with zero attached hydrogens (tertiary/aromatic N) is 2. The van der Waals surface area contributed by atoms with Gasteiger partial charge in [0.15, 0.2) is 0 Å². The summed E-state index contributed by atoms with van der Waals surface area (Å²) in [7, 11) is 1.86. The molecule has 21 heavy (non-hydrogen) atoms. The molecule has 1 aromatic carbocycles. The Morgan fingerprint density at radius 1 is 1.33 bits per heavy atom. The summed E-state index contributed by atoms with van der Waals surface area (Å²) in [6.45, 7) is 3.92. The van der Waals surface area contributed by atoms with Gasteiger partial charge in [-0.05, 0) is 31.4 Å². The van der Waals surface area contributed by atoms with E-state index in [1.54, 1.807) is 16.8 Å². The summed E-state index contributed by atoms with van der Waals surface area (Å²) in [5.74, 6) is -0.223. The number of benzene rings is 1. The molecule has 0 amide bonds. The van der Waals surface area contributed by atoms with Gasteiger partial charge in [-0.2, -0.15) is 5.10 Å². The molecule has 1 heterocycles. The zero-order valence-electron chi connectivity index (χ0n) is 12.7. The molecule has 0 fully saturated rings. The van der Waals surface area contributed by atoms with Crippen LogP contribution in [0.5, 0.6) is 0 Å². The van der Waals surface area contributed by atoms with Crippen molar-refractivity contribution >= 4 is 11.6 Å². The number of hydrogen-bond donors (Lipinski definition) is 1. The summed E-state index contributed by atoms with van der Waals surface area (Å²) in [6, 6.07) is 6.72. The monoisotopic (exact) mass is 309 g/mol. The molecule has 0 saturated heterocycles. The van der Waals surface area contributed by atoms with Gasteiger partial charge in [0, 0.05) is 19.0 Å². The molecule has 3 nitrogen and oxygen atoms in total. The highest BCUT2D eigenvalue weighted by Crippen LogP contribution is 2.26. The van der Waals surface area contributed by atoms with Crippen molar-refractivity contribution in [1.82, 2.24) is 9.78 Å². The second-order valence-electron chi connectivity index (χ2n) is 5.78. The molecule has 5 heteroatoms. The second kappa shape index (κ2) is 6.16. The van der Waals surface area contributed by atoms with E-state index in [4.69, 9.17) is 17.3 Å². The quantitative estimate of drug-likeness (QED) is 0.921. The summed E-state index contributed by atoms with van der Waals surface area (Å²) >= 11 is 6.36. The van der Waals surface area contributed by atoms with Crippen molar-refractivity contribution in [2.75, 3.05) is 0 Å². The molecule has 0 spiro atoms. The minimum Gasteiger partial charge on any atom is -0.325 e. The maximum atomic E-state index is 13.8. The third-order valence-electron chi connectivity index (χ3n) is 3.63. The van der Waals surface area contributed by atoms with Crippen LogP contribution in [0.2, 0.25) is 5.02 Å². The summed E-state index contributed by atoms with van der Waals surface area (Å²) in [6.07, 6.45) is 1.77. The van der Waals surface area contributed by atoms with Crippen LogP contribution in [0.4, 0.5) is 4.39 Å². The highest BCUT2D eigenvalue weighted by atomic mass is 35.5. The van der Waals surface area contributed by atoms with E-state index < -0.39 is 5.54 Å². The van der Waals surface area contributed by atoms with E-state index in [0.29, 0.717) is 23.4 Å². The van der Waals surface area contributed by atoms with Crippen LogP contribution in [0.1, 0.15) is 30.8 Å². The van der Waals surface area contributed by atoms with E-state index in [2.05, 4.69) is 5.10 Å². The predicted molar refractivity (Wildman–Crippen MR) is 84.0 cm³/mol. The lowest BCUT2D eigenvalue weighted by atomic mass is 9.89. The minimum absolute atomic E-state index is 0.223. The first-order valence-corrected chi connectivity index (χ1v) is 7.44. The molecule has 2 N–H and O–H groups in total. The molecule has 0 aliphatic heterocycles. The van der Waals surface area contributed by atoms with Gasteiger partial charge in [0.25, 0.3) is 0 Å². The van der Waals surface area contributed by atoms with E-state index in [0.717, 1.165) is 17.8 Å². The minimum atomic E-state index is -0.593. The van der Waals surface area contributed by atoms with Crippen molar-refractivity contribution in [3.05, 3.63) is 52.1 Å². The molecule has 0 aliphatic carbocycles. The summed E-state index contributed by atoms with van der Waals surface area (Å²) in [5.41, 5.74) is 8.17. The molecular weight excluding hydrogens is 289 g/mol. The van der Waals surface area contributed by atoms with Crippen LogP contribution >= 0.6 is 11.6 Å². The number of halogens is 2. The lowest BCUT2D eigenvalue weighted by Gasteiger charge is -2.25. The Morgan fingerprint density at radius 3 is 2.57 bits per heavy atom. The van der Waals surface area contributed by atoms with Crippen LogP contribution in [0.25, 0.3) is 0 Å². The van der Waals surface area contributed by atoms with Gasteiger partial charge in [0.05, 0.1) is 16.4 Å².